The van der Waals surface area contributed by atoms with Gasteiger partial charge in [0.2, 0.25) is 41.4 Å². The third kappa shape index (κ3) is 40.4. The number of anilines is 1. The van der Waals surface area contributed by atoms with Crippen molar-refractivity contribution in [1.82, 2.24) is 36.1 Å². The van der Waals surface area contributed by atoms with E-state index in [1.54, 1.807) is 64.2 Å². The van der Waals surface area contributed by atoms with E-state index in [9.17, 15) is 43.2 Å². The highest BCUT2D eigenvalue weighted by Crippen LogP contribution is 2.29. The van der Waals surface area contributed by atoms with Crippen LogP contribution >= 0.6 is 0 Å². The molecule has 0 spiro atoms. The smallest absolute Gasteiger partial charge is 0.407 e. The van der Waals surface area contributed by atoms with Crippen LogP contribution in [0.25, 0.3) is 0 Å². The maximum absolute atomic E-state index is 14.4. The van der Waals surface area contributed by atoms with Crippen molar-refractivity contribution in [2.45, 2.75) is 208 Å². The second-order valence-electron chi connectivity index (χ2n) is 27.4. The van der Waals surface area contributed by atoms with Crippen LogP contribution in [0.15, 0.2) is 24.3 Å². The van der Waals surface area contributed by atoms with E-state index in [2.05, 4.69) is 47.5 Å². The molecule has 0 radical (unpaired) electrons. The number of hydrogen-bond donors (Lipinski definition) is 7. The SMILES string of the molecule is CCC(C)[C@@H]([C@@H](CC(=O)N1CCC[C@H]1C)OC)N(C)C(=O)[C@@H](CC(=O)[C@H](C(C)C)N(C)C(=O)CCCOCCOCCOCCOCCOCCOCCOCCOCCNC(=O)OCc1ccc(NC(=O)C(CCCCC(N)=O)NC(=O)[C@@H](NC(=O)CCCCCCNO)C(C)C)cc1)C(C)C. The van der Waals surface area contributed by atoms with Gasteiger partial charge in [0, 0.05) is 90.8 Å². The van der Waals surface area contributed by atoms with Crippen molar-refractivity contribution in [3.8, 4) is 0 Å². The molecule has 1 fully saturated rings. The number of unbranched alkanes of at least 4 members (excludes halogenated alkanes) is 4. The lowest BCUT2D eigenvalue weighted by atomic mass is 9.83. The number of amides is 8. The molecule has 1 saturated heterocycles. The lowest BCUT2D eigenvalue weighted by Gasteiger charge is -2.40. The summed E-state index contributed by atoms with van der Waals surface area (Å²) >= 11 is 0. The molecule has 103 heavy (non-hydrogen) atoms. The zero-order valence-corrected chi connectivity index (χ0v) is 64.2. The molecule has 1 aromatic rings. The fourth-order valence-electron chi connectivity index (χ4n) is 12.0. The Morgan fingerprint density at radius 3 is 1.65 bits per heavy atom. The number of alkyl carbamates (subject to hydrolysis) is 1. The Hall–Kier alpha value is -5.99. The summed E-state index contributed by atoms with van der Waals surface area (Å²) < 4.78 is 55.9. The van der Waals surface area contributed by atoms with Gasteiger partial charge in [-0.15, -0.1) is 0 Å². The predicted octanol–water partition coefficient (Wildman–Crippen LogP) is 6.37. The molecule has 29 nitrogen and oxygen atoms in total. The van der Waals surface area contributed by atoms with Gasteiger partial charge in [-0.05, 0) is 93.2 Å². The van der Waals surface area contributed by atoms with Crippen LogP contribution in [0.5, 0.6) is 0 Å². The monoisotopic (exact) mass is 1470 g/mol. The molecule has 29 heteroatoms. The largest absolute Gasteiger partial charge is 0.445 e. The highest BCUT2D eigenvalue weighted by Gasteiger charge is 2.41. The van der Waals surface area contributed by atoms with Crippen LogP contribution < -0.4 is 32.5 Å². The van der Waals surface area contributed by atoms with Crippen molar-refractivity contribution in [2.24, 2.45) is 35.3 Å². The number of nitrogens with two attached hydrogens (primary N) is 1. The Bertz CT molecular complexity index is 2540. The highest BCUT2D eigenvalue weighted by atomic mass is 16.6. The van der Waals surface area contributed by atoms with Gasteiger partial charge in [0.05, 0.1) is 124 Å². The van der Waals surface area contributed by atoms with Crippen molar-refractivity contribution >= 4 is 58.9 Å². The summed E-state index contributed by atoms with van der Waals surface area (Å²) in [5.74, 6) is -3.37. The second-order valence-corrected chi connectivity index (χ2v) is 27.4. The Kier molecular flexibility index (Phi) is 50.9. The van der Waals surface area contributed by atoms with Gasteiger partial charge in [0.25, 0.3) is 0 Å². The molecule has 1 aliphatic rings. The van der Waals surface area contributed by atoms with Crippen molar-refractivity contribution < 1.29 is 95.7 Å². The average molecular weight is 1470 g/mol. The standard InChI is InChI=1S/C74H131N9O20/c1-13-56(8)70(63(94-12)51-67(88)83-33-20-22-57(83)9)82(11)73(91)60(53(2)3)50-62(84)69(55(6)7)81(10)66(87)26-21-34-95-36-38-97-40-42-99-44-46-101-48-49-102-47-45-100-43-41-98-39-37-96-35-32-76-74(92)103-52-58-27-29-59(30-28-58)78-71(89)61(23-17-18-24-64(75)85)79-72(90)68(54(4)5)80-65(86)25-16-14-15-19-31-77-93/h27-30,53-57,60-61,63,68-70,77,93H,13-26,31-52H2,1-12H3,(H2,75,85)(H,76,92)(H,78,89)(H,79,90)(H,80,86)/t56?,57-,60+,61?,63-,68+,69+,70+/m1/s1. The lowest BCUT2D eigenvalue weighted by Crippen LogP contribution is -2.54. The molecule has 8 atom stereocenters. The van der Waals surface area contributed by atoms with Crippen LogP contribution in [0, 0.1) is 29.6 Å². The van der Waals surface area contributed by atoms with Crippen molar-refractivity contribution in [3.05, 3.63) is 29.8 Å². The van der Waals surface area contributed by atoms with Crippen LogP contribution in [0.3, 0.4) is 0 Å². The Morgan fingerprint density at radius 2 is 1.16 bits per heavy atom. The Labute approximate surface area is 613 Å². The topological polar surface area (TPSA) is 362 Å². The van der Waals surface area contributed by atoms with E-state index >= 15 is 0 Å². The molecule has 8 amide bonds. The molecule has 0 bridgehead atoms. The minimum absolute atomic E-state index is 0.0106. The summed E-state index contributed by atoms with van der Waals surface area (Å²) in [7, 11) is 5.01. The number of hydroxylamine groups is 1. The van der Waals surface area contributed by atoms with Crippen molar-refractivity contribution in [1.29, 1.82) is 0 Å². The number of primary amides is 1. The molecule has 1 aromatic carbocycles. The number of rotatable bonds is 62. The summed E-state index contributed by atoms with van der Waals surface area (Å²) in [6, 6.07) is 3.92. The third-order valence-corrected chi connectivity index (χ3v) is 18.2. The number of Topliss-reactive ketones (excluding diaryl/α,β-unsaturated/α-hetero) is 1. The first kappa shape index (κ1) is 93.1. The summed E-state index contributed by atoms with van der Waals surface area (Å²) in [4.78, 5) is 124. The van der Waals surface area contributed by atoms with E-state index < -0.39 is 54.0 Å². The van der Waals surface area contributed by atoms with Crippen LogP contribution in [-0.2, 0) is 92.3 Å². The Balaban J connectivity index is 1.50. The number of nitrogens with one attached hydrogen (secondary N) is 5. The summed E-state index contributed by atoms with van der Waals surface area (Å²) in [6.45, 7) is 24.8. The molecule has 1 heterocycles. The predicted molar refractivity (Wildman–Crippen MR) is 389 cm³/mol. The third-order valence-electron chi connectivity index (χ3n) is 18.2. The molecule has 0 aliphatic carbocycles. The lowest BCUT2D eigenvalue weighted by molar-refractivity contribution is -0.148. The summed E-state index contributed by atoms with van der Waals surface area (Å²) in [6.07, 6.45) is 6.93. The molecule has 8 N–H and O–H groups in total. The highest BCUT2D eigenvalue weighted by molar-refractivity contribution is 5.98. The fraction of sp³-hybridized carbons (Fsp3) is 0.797. The zero-order valence-electron chi connectivity index (χ0n) is 64.2. The van der Waals surface area contributed by atoms with Crippen molar-refractivity contribution in [2.75, 3.05) is 152 Å². The average Bonchev–Trinajstić information content (AvgIpc) is 1.66. The normalized spacial score (nSPS) is 15.1. The molecular formula is C74H131N9O20. The number of ketones is 1. The van der Waals surface area contributed by atoms with Gasteiger partial charge in [0.1, 0.15) is 18.7 Å². The molecule has 592 valence electrons. The van der Waals surface area contributed by atoms with Crippen LogP contribution in [0.1, 0.15) is 171 Å². The number of likely N-dealkylation sites (N-methyl/N-ethyl adjacent to an activating group) is 2. The maximum atomic E-state index is 14.4. The minimum atomic E-state index is -0.970. The van der Waals surface area contributed by atoms with Crippen LogP contribution in [0.4, 0.5) is 10.5 Å². The van der Waals surface area contributed by atoms with E-state index in [0.717, 1.165) is 45.1 Å². The fourth-order valence-corrected chi connectivity index (χ4v) is 12.0. The molecule has 0 aromatic heterocycles. The van der Waals surface area contributed by atoms with Gasteiger partial charge < -0.3 is 94.3 Å². The summed E-state index contributed by atoms with van der Waals surface area (Å²) in [5.41, 5.74) is 8.52. The first-order valence-electron chi connectivity index (χ1n) is 37.4. The van der Waals surface area contributed by atoms with Crippen molar-refractivity contribution in [3.63, 3.8) is 0 Å². The van der Waals surface area contributed by atoms with Gasteiger partial charge in [-0.2, -0.15) is 0 Å². The van der Waals surface area contributed by atoms with E-state index in [-0.39, 0.29) is 123 Å². The number of carbonyl (C=O) groups is 9. The first-order chi connectivity index (χ1) is 49.4. The zero-order chi connectivity index (χ0) is 76.3. The Morgan fingerprint density at radius 1 is 0.612 bits per heavy atom. The van der Waals surface area contributed by atoms with Crippen LogP contribution in [0.2, 0.25) is 0 Å². The molecule has 2 unspecified atom stereocenters. The number of ether oxygens (including phenoxy) is 10. The van der Waals surface area contributed by atoms with Gasteiger partial charge in [-0.3, -0.25) is 38.4 Å². The van der Waals surface area contributed by atoms with Crippen LogP contribution in [-0.4, -0.2) is 256 Å². The molecular weight excluding hydrogens is 1330 g/mol. The second kappa shape index (κ2) is 56.4. The summed E-state index contributed by atoms with van der Waals surface area (Å²) in [5, 5.41) is 19.8. The van der Waals surface area contributed by atoms with Gasteiger partial charge in [-0.25, -0.2) is 10.3 Å². The molecule has 0 saturated carbocycles. The minimum Gasteiger partial charge on any atom is -0.445 e. The first-order valence-corrected chi connectivity index (χ1v) is 37.4. The number of nitrogens with zero attached hydrogens (tertiary/aromatic N) is 3. The van der Waals surface area contributed by atoms with E-state index in [1.165, 1.54) is 4.90 Å². The number of benzene rings is 1. The van der Waals surface area contributed by atoms with E-state index in [0.29, 0.717) is 143 Å². The van der Waals surface area contributed by atoms with E-state index in [1.807, 2.05) is 32.6 Å². The molecule has 2 rings (SSSR count). The molecule has 1 aliphatic heterocycles. The quantitative estimate of drug-likeness (QED) is 0.0275. The number of carbonyl (C=O) groups excluding carboxylic acids is 9. The van der Waals surface area contributed by atoms with E-state index in [4.69, 9.17) is 58.3 Å². The number of methoxy groups -OCH3 is 1. The van der Waals surface area contributed by atoms with Gasteiger partial charge in [-0.1, -0.05) is 93.2 Å². The van der Waals surface area contributed by atoms with Gasteiger partial charge >= 0.3 is 6.09 Å². The number of likely N-dealkylation sites (tertiary alicyclic amines) is 1. The maximum Gasteiger partial charge on any atom is 0.407 e. The number of hydrogen-bond acceptors (Lipinski definition) is 21. The van der Waals surface area contributed by atoms with Gasteiger partial charge in [0.15, 0.2) is 5.78 Å².